The zero-order chi connectivity index (χ0) is 25.7. The van der Waals surface area contributed by atoms with Gasteiger partial charge in [0.25, 0.3) is 5.69 Å². The standard InChI is InChI=1S/C30H25N3O4/c1-31-25-11-7-6-10-23(25)28-26(31)18-32-22(16-19-8-4-3-5-9-19)17-24(30(34)37-2)29(32)27(28)20-12-14-21(15-13-20)33(35)36/h3-15,17,27H,16,18H2,1-2H3. The summed E-state index contributed by atoms with van der Waals surface area (Å²) in [5, 5.41) is 12.5. The molecular formula is C30H25N3O4. The lowest BCUT2D eigenvalue weighted by molar-refractivity contribution is -0.384. The van der Waals surface area contributed by atoms with Crippen molar-refractivity contribution in [3.8, 4) is 0 Å². The predicted octanol–water partition coefficient (Wildman–Crippen LogP) is 5.81. The molecule has 0 fully saturated rings. The van der Waals surface area contributed by atoms with E-state index < -0.39 is 10.9 Å². The van der Waals surface area contributed by atoms with Crippen LogP contribution >= 0.6 is 0 Å². The fraction of sp³-hybridized carbons (Fsp3) is 0.167. The Morgan fingerprint density at radius 1 is 1.03 bits per heavy atom. The lowest BCUT2D eigenvalue weighted by Crippen LogP contribution is -2.24. The van der Waals surface area contributed by atoms with Crippen molar-refractivity contribution in [2.24, 2.45) is 7.05 Å². The second-order valence-corrected chi connectivity index (χ2v) is 9.39. The number of benzene rings is 3. The highest BCUT2D eigenvalue weighted by atomic mass is 16.6. The molecule has 184 valence electrons. The van der Waals surface area contributed by atoms with Crippen molar-refractivity contribution in [2.75, 3.05) is 7.11 Å². The van der Waals surface area contributed by atoms with Gasteiger partial charge in [-0.3, -0.25) is 10.1 Å². The van der Waals surface area contributed by atoms with Crippen LogP contribution in [0.1, 0.15) is 50.0 Å². The van der Waals surface area contributed by atoms with E-state index in [0.29, 0.717) is 18.5 Å². The van der Waals surface area contributed by atoms with Gasteiger partial charge in [0.2, 0.25) is 0 Å². The smallest absolute Gasteiger partial charge is 0.339 e. The van der Waals surface area contributed by atoms with Gasteiger partial charge in [0.15, 0.2) is 0 Å². The molecule has 0 radical (unpaired) electrons. The molecule has 3 aromatic carbocycles. The highest BCUT2D eigenvalue weighted by molar-refractivity contribution is 5.94. The van der Waals surface area contributed by atoms with Crippen LogP contribution in [-0.2, 0) is 24.8 Å². The molecule has 6 rings (SSSR count). The molecule has 0 N–H and O–H groups in total. The molecule has 0 bridgehead atoms. The molecule has 3 heterocycles. The molecule has 0 saturated heterocycles. The number of aromatic nitrogens is 2. The van der Waals surface area contributed by atoms with Crippen molar-refractivity contribution >= 4 is 22.6 Å². The maximum atomic E-state index is 13.1. The Morgan fingerprint density at radius 3 is 2.43 bits per heavy atom. The van der Waals surface area contributed by atoms with Gasteiger partial charge in [0.1, 0.15) is 0 Å². The summed E-state index contributed by atoms with van der Waals surface area (Å²) in [5.41, 5.74) is 7.84. The van der Waals surface area contributed by atoms with Crippen molar-refractivity contribution in [3.05, 3.63) is 134 Å². The summed E-state index contributed by atoms with van der Waals surface area (Å²) >= 11 is 0. The normalized spacial score (nSPS) is 14.3. The summed E-state index contributed by atoms with van der Waals surface area (Å²) < 4.78 is 9.68. The minimum absolute atomic E-state index is 0.0334. The zero-order valence-electron chi connectivity index (χ0n) is 20.5. The van der Waals surface area contributed by atoms with Crippen LogP contribution < -0.4 is 0 Å². The van der Waals surface area contributed by atoms with Crippen LogP contribution in [0.25, 0.3) is 10.9 Å². The summed E-state index contributed by atoms with van der Waals surface area (Å²) in [4.78, 5) is 24.1. The molecule has 0 spiro atoms. The molecule has 5 aromatic rings. The van der Waals surface area contributed by atoms with Gasteiger partial charge in [-0.1, -0.05) is 60.7 Å². The van der Waals surface area contributed by atoms with E-state index in [9.17, 15) is 14.9 Å². The SMILES string of the molecule is COC(=O)c1cc(Cc2ccccc2)n2c1C(c1ccc([N+](=O)[O-])cc1)c1c(n(C)c3ccccc13)C2. The van der Waals surface area contributed by atoms with Crippen LogP contribution in [0.3, 0.4) is 0 Å². The largest absolute Gasteiger partial charge is 0.465 e. The highest BCUT2D eigenvalue weighted by Gasteiger charge is 2.37. The van der Waals surface area contributed by atoms with E-state index in [2.05, 4.69) is 40.4 Å². The molecule has 0 amide bonds. The van der Waals surface area contributed by atoms with Gasteiger partial charge in [0, 0.05) is 53.6 Å². The average Bonchev–Trinajstić information content (AvgIpc) is 3.43. The Morgan fingerprint density at radius 2 is 1.73 bits per heavy atom. The first kappa shape index (κ1) is 22.8. The fourth-order valence-electron chi connectivity index (χ4n) is 5.73. The molecule has 1 atom stereocenters. The number of carbonyl (C=O) groups excluding carboxylic acids is 1. The van der Waals surface area contributed by atoms with E-state index in [1.54, 1.807) is 12.1 Å². The van der Waals surface area contributed by atoms with Crippen LogP contribution in [-0.4, -0.2) is 27.1 Å². The van der Waals surface area contributed by atoms with Crippen molar-refractivity contribution in [2.45, 2.75) is 18.9 Å². The molecule has 37 heavy (non-hydrogen) atoms. The maximum absolute atomic E-state index is 13.1. The third kappa shape index (κ3) is 3.62. The minimum Gasteiger partial charge on any atom is -0.465 e. The number of rotatable bonds is 5. The van der Waals surface area contributed by atoms with Gasteiger partial charge in [-0.25, -0.2) is 4.79 Å². The van der Waals surface area contributed by atoms with E-state index >= 15 is 0 Å². The van der Waals surface area contributed by atoms with Gasteiger partial charge < -0.3 is 13.9 Å². The number of nitro groups is 1. The number of aryl methyl sites for hydroxylation is 1. The van der Waals surface area contributed by atoms with Crippen LogP contribution in [0, 0.1) is 10.1 Å². The van der Waals surface area contributed by atoms with Crippen LogP contribution in [0.2, 0.25) is 0 Å². The van der Waals surface area contributed by atoms with Gasteiger partial charge in [0.05, 0.1) is 30.1 Å². The van der Waals surface area contributed by atoms with E-state index in [1.807, 2.05) is 36.4 Å². The van der Waals surface area contributed by atoms with Gasteiger partial charge >= 0.3 is 5.97 Å². The Bertz CT molecular complexity index is 1660. The molecule has 7 heteroatoms. The molecule has 1 aliphatic rings. The summed E-state index contributed by atoms with van der Waals surface area (Å²) in [5.74, 6) is -0.687. The Labute approximate surface area is 213 Å². The lowest BCUT2D eigenvalue weighted by Gasteiger charge is -2.29. The maximum Gasteiger partial charge on any atom is 0.339 e. The minimum atomic E-state index is -0.394. The Kier molecular flexibility index (Phi) is 5.41. The predicted molar refractivity (Wildman–Crippen MR) is 141 cm³/mol. The monoisotopic (exact) mass is 491 g/mol. The Hall–Kier alpha value is -4.65. The number of non-ortho nitro benzene ring substituents is 1. The Balaban J connectivity index is 1.64. The van der Waals surface area contributed by atoms with Crippen molar-refractivity contribution in [1.29, 1.82) is 0 Å². The van der Waals surface area contributed by atoms with Crippen molar-refractivity contribution in [3.63, 3.8) is 0 Å². The van der Waals surface area contributed by atoms with E-state index in [1.165, 1.54) is 19.2 Å². The second-order valence-electron chi connectivity index (χ2n) is 9.39. The number of hydrogen-bond donors (Lipinski definition) is 0. The quantitative estimate of drug-likeness (QED) is 0.173. The second kappa shape index (κ2) is 8.78. The topological polar surface area (TPSA) is 79.3 Å². The average molecular weight is 492 g/mol. The number of esters is 1. The number of fused-ring (bicyclic) bond motifs is 4. The van der Waals surface area contributed by atoms with Gasteiger partial charge in [-0.2, -0.15) is 0 Å². The zero-order valence-corrected chi connectivity index (χ0v) is 20.5. The summed E-state index contributed by atoms with van der Waals surface area (Å²) in [6, 6.07) is 27.0. The van der Waals surface area contributed by atoms with E-state index in [4.69, 9.17) is 4.74 Å². The third-order valence-electron chi connectivity index (χ3n) is 7.44. The first-order chi connectivity index (χ1) is 18.0. The fourth-order valence-corrected chi connectivity index (χ4v) is 5.73. The summed E-state index contributed by atoms with van der Waals surface area (Å²) in [7, 11) is 3.47. The molecule has 7 nitrogen and oxygen atoms in total. The first-order valence-electron chi connectivity index (χ1n) is 12.1. The lowest BCUT2D eigenvalue weighted by atomic mass is 9.83. The molecule has 2 aromatic heterocycles. The number of methoxy groups -OCH3 is 1. The van der Waals surface area contributed by atoms with Gasteiger partial charge in [-0.15, -0.1) is 0 Å². The number of para-hydroxylation sites is 1. The van der Waals surface area contributed by atoms with Crippen LogP contribution in [0.5, 0.6) is 0 Å². The van der Waals surface area contributed by atoms with E-state index in [0.717, 1.165) is 44.7 Å². The number of nitro benzene ring substituents is 1. The highest BCUT2D eigenvalue weighted by Crippen LogP contribution is 2.46. The molecule has 0 aliphatic carbocycles. The summed E-state index contributed by atoms with van der Waals surface area (Å²) in [6.45, 7) is 0.610. The van der Waals surface area contributed by atoms with Crippen molar-refractivity contribution in [1.82, 2.24) is 9.13 Å². The molecule has 0 saturated carbocycles. The molecule has 1 unspecified atom stereocenters. The van der Waals surface area contributed by atoms with Gasteiger partial charge in [-0.05, 0) is 28.8 Å². The third-order valence-corrected chi connectivity index (χ3v) is 7.44. The van der Waals surface area contributed by atoms with Crippen LogP contribution in [0.15, 0.2) is 84.9 Å². The van der Waals surface area contributed by atoms with Crippen LogP contribution in [0.4, 0.5) is 5.69 Å². The number of hydrogen-bond acceptors (Lipinski definition) is 4. The van der Waals surface area contributed by atoms with Crippen molar-refractivity contribution < 1.29 is 14.5 Å². The molecule has 1 aliphatic heterocycles. The van der Waals surface area contributed by atoms with E-state index in [-0.39, 0.29) is 11.6 Å². The number of carbonyl (C=O) groups is 1. The molecular weight excluding hydrogens is 466 g/mol. The summed E-state index contributed by atoms with van der Waals surface area (Å²) in [6.07, 6.45) is 0.664. The first-order valence-corrected chi connectivity index (χ1v) is 12.1. The number of ether oxygens (including phenoxy) is 1. The number of nitrogens with zero attached hydrogens (tertiary/aromatic N) is 3.